The van der Waals surface area contributed by atoms with E-state index in [1.165, 1.54) is 30.1 Å². The fourth-order valence-electron chi connectivity index (χ4n) is 4.17. The van der Waals surface area contributed by atoms with Gasteiger partial charge in [-0.3, -0.25) is 4.68 Å². The van der Waals surface area contributed by atoms with E-state index < -0.39 is 11.6 Å². The van der Waals surface area contributed by atoms with Crippen LogP contribution in [0.5, 0.6) is 11.5 Å². The number of nitrogens with zero attached hydrogens (tertiary/aromatic N) is 6. The van der Waals surface area contributed by atoms with Crippen molar-refractivity contribution in [2.24, 2.45) is 0 Å². The molecule has 0 spiro atoms. The van der Waals surface area contributed by atoms with Crippen LogP contribution < -0.4 is 14.8 Å². The van der Waals surface area contributed by atoms with Crippen LogP contribution in [0.2, 0.25) is 0 Å². The van der Waals surface area contributed by atoms with E-state index >= 15 is 0 Å². The van der Waals surface area contributed by atoms with Gasteiger partial charge < -0.3 is 14.8 Å². The molecule has 9 nitrogen and oxygen atoms in total. The number of nitrogens with one attached hydrogen (secondary N) is 1. The molecule has 11 heteroatoms. The molecule has 0 fully saturated rings. The summed E-state index contributed by atoms with van der Waals surface area (Å²) in [7, 11) is 1.52. The molecule has 0 atom stereocenters. The van der Waals surface area contributed by atoms with Crippen LogP contribution in [0, 0.1) is 25.5 Å². The van der Waals surface area contributed by atoms with E-state index in [1.54, 1.807) is 19.9 Å². The molecule has 0 radical (unpaired) electrons. The Bertz CT molecular complexity index is 1590. The van der Waals surface area contributed by atoms with Gasteiger partial charge in [-0.25, -0.2) is 28.7 Å². The third-order valence-electron chi connectivity index (χ3n) is 5.79. The van der Waals surface area contributed by atoms with Gasteiger partial charge >= 0.3 is 0 Å². The summed E-state index contributed by atoms with van der Waals surface area (Å²) in [6, 6.07) is 11.5. The number of methoxy groups -OCH3 is 1. The monoisotopic (exact) mass is 517 g/mol. The number of fused-ring (bicyclic) bond motifs is 1. The van der Waals surface area contributed by atoms with Gasteiger partial charge in [0.1, 0.15) is 34.7 Å². The Hall–Kier alpha value is -4.67. The number of ether oxygens (including phenoxy) is 2. The molecule has 38 heavy (non-hydrogen) atoms. The summed E-state index contributed by atoms with van der Waals surface area (Å²) in [4.78, 5) is 17.8. The van der Waals surface area contributed by atoms with Crippen LogP contribution in [0.4, 0.5) is 20.4 Å². The van der Waals surface area contributed by atoms with Crippen LogP contribution in [0.25, 0.3) is 22.4 Å². The first-order chi connectivity index (χ1) is 18.4. The maximum Gasteiger partial charge on any atom is 0.183 e. The lowest BCUT2D eigenvalue weighted by atomic mass is 10.1. The maximum absolute atomic E-state index is 14.8. The Morgan fingerprint density at radius 2 is 1.76 bits per heavy atom. The third-order valence-corrected chi connectivity index (χ3v) is 5.79. The van der Waals surface area contributed by atoms with Crippen LogP contribution in [0.3, 0.4) is 0 Å². The molecule has 3 heterocycles. The highest BCUT2D eigenvalue weighted by molar-refractivity contribution is 5.92. The highest BCUT2D eigenvalue weighted by Gasteiger charge is 2.20. The Labute approximate surface area is 217 Å². The van der Waals surface area contributed by atoms with Crippen molar-refractivity contribution in [1.82, 2.24) is 29.7 Å². The van der Waals surface area contributed by atoms with E-state index in [0.29, 0.717) is 46.9 Å². The Kier molecular flexibility index (Phi) is 6.82. The van der Waals surface area contributed by atoms with Crippen molar-refractivity contribution in [3.63, 3.8) is 0 Å². The molecule has 0 aliphatic rings. The second-order valence-corrected chi connectivity index (χ2v) is 8.50. The Morgan fingerprint density at radius 3 is 2.47 bits per heavy atom. The molecule has 194 valence electrons. The van der Waals surface area contributed by atoms with Crippen molar-refractivity contribution in [3.8, 4) is 23.0 Å². The van der Waals surface area contributed by atoms with E-state index in [0.717, 1.165) is 11.1 Å². The smallest absolute Gasteiger partial charge is 0.183 e. The van der Waals surface area contributed by atoms with E-state index in [9.17, 15) is 8.78 Å². The summed E-state index contributed by atoms with van der Waals surface area (Å²) in [5.74, 6) is 0.974. The molecule has 0 aliphatic heterocycles. The largest absolute Gasteiger partial charge is 0.494 e. The van der Waals surface area contributed by atoms with Crippen LogP contribution in [-0.4, -0.2) is 43.4 Å². The first-order valence-electron chi connectivity index (χ1n) is 11.9. The number of halogens is 2. The van der Waals surface area contributed by atoms with E-state index in [4.69, 9.17) is 9.47 Å². The fraction of sp³-hybridized carbons (Fsp3) is 0.222. The highest BCUT2D eigenvalue weighted by atomic mass is 19.1. The molecule has 5 aromatic rings. The van der Waals surface area contributed by atoms with Crippen LogP contribution in [0.15, 0.2) is 48.7 Å². The lowest BCUT2D eigenvalue weighted by molar-refractivity contribution is 0.335. The first kappa shape index (κ1) is 25.0. The number of rotatable bonds is 8. The van der Waals surface area contributed by atoms with Gasteiger partial charge in [-0.1, -0.05) is 18.2 Å². The molecular weight excluding hydrogens is 492 g/mol. The molecule has 0 saturated heterocycles. The zero-order valence-corrected chi connectivity index (χ0v) is 21.3. The summed E-state index contributed by atoms with van der Waals surface area (Å²) >= 11 is 0. The second-order valence-electron chi connectivity index (χ2n) is 8.50. The topological polar surface area (TPSA) is 99.9 Å². The summed E-state index contributed by atoms with van der Waals surface area (Å²) in [5.41, 5.74) is 1.80. The van der Waals surface area contributed by atoms with Crippen molar-refractivity contribution < 1.29 is 18.3 Å². The van der Waals surface area contributed by atoms with Gasteiger partial charge in [-0.15, -0.1) is 0 Å². The summed E-state index contributed by atoms with van der Waals surface area (Å²) in [6.07, 6.45) is 1.53. The number of hydrogen-bond acceptors (Lipinski definition) is 8. The molecule has 0 saturated carbocycles. The van der Waals surface area contributed by atoms with Gasteiger partial charge in [0, 0.05) is 34.8 Å². The van der Waals surface area contributed by atoms with Crippen molar-refractivity contribution >= 4 is 22.5 Å². The Morgan fingerprint density at radius 1 is 1.00 bits per heavy atom. The molecule has 0 bridgehead atoms. The second kappa shape index (κ2) is 10.4. The third kappa shape index (κ3) is 4.95. The van der Waals surface area contributed by atoms with Crippen molar-refractivity contribution in [2.45, 2.75) is 27.3 Å². The van der Waals surface area contributed by atoms with Gasteiger partial charge in [0.25, 0.3) is 0 Å². The number of hydrogen-bond donors (Lipinski definition) is 1. The van der Waals surface area contributed by atoms with Gasteiger partial charge in [0.05, 0.1) is 32.0 Å². The van der Waals surface area contributed by atoms with E-state index in [1.807, 2.05) is 31.2 Å². The number of benzene rings is 2. The highest BCUT2D eigenvalue weighted by Crippen LogP contribution is 2.31. The van der Waals surface area contributed by atoms with E-state index in [-0.39, 0.29) is 17.9 Å². The summed E-state index contributed by atoms with van der Waals surface area (Å²) in [6.45, 7) is 5.60. The SMILES string of the molecule is CCOc1cc(F)c(Cn2nc(-c3ncc(OC)c(Nc4cc(C)nc(C)n4)n3)c3ccccc32)c(F)c1. The van der Waals surface area contributed by atoms with Crippen LogP contribution in [-0.2, 0) is 6.54 Å². The summed E-state index contributed by atoms with van der Waals surface area (Å²) < 4.78 is 41.9. The zero-order chi connectivity index (χ0) is 26.8. The molecule has 0 amide bonds. The zero-order valence-electron chi connectivity index (χ0n) is 21.3. The number of anilines is 2. The predicted molar refractivity (Wildman–Crippen MR) is 139 cm³/mol. The Balaban J connectivity index is 1.56. The quantitative estimate of drug-likeness (QED) is 0.293. The number of para-hydroxylation sites is 1. The number of aromatic nitrogens is 6. The average Bonchev–Trinajstić information content (AvgIpc) is 3.24. The molecule has 0 aliphatic carbocycles. The van der Waals surface area contributed by atoms with Crippen molar-refractivity contribution in [1.29, 1.82) is 0 Å². The molecule has 3 aromatic heterocycles. The number of aryl methyl sites for hydroxylation is 2. The molecular formula is C27H25F2N7O2. The minimum absolute atomic E-state index is 0.124. The lowest BCUT2D eigenvalue weighted by Crippen LogP contribution is -2.07. The minimum Gasteiger partial charge on any atom is -0.494 e. The first-order valence-corrected chi connectivity index (χ1v) is 11.9. The van der Waals surface area contributed by atoms with Crippen LogP contribution >= 0.6 is 0 Å². The minimum atomic E-state index is -0.711. The van der Waals surface area contributed by atoms with Crippen molar-refractivity contribution in [3.05, 3.63) is 77.4 Å². The maximum atomic E-state index is 14.8. The predicted octanol–water partition coefficient (Wildman–Crippen LogP) is 5.38. The van der Waals surface area contributed by atoms with Crippen molar-refractivity contribution in [2.75, 3.05) is 19.0 Å². The van der Waals surface area contributed by atoms with Crippen LogP contribution in [0.1, 0.15) is 24.0 Å². The van der Waals surface area contributed by atoms with Gasteiger partial charge in [-0.2, -0.15) is 5.10 Å². The van der Waals surface area contributed by atoms with Gasteiger partial charge in [0.2, 0.25) is 0 Å². The molecule has 2 aromatic carbocycles. The normalized spacial score (nSPS) is 11.1. The summed E-state index contributed by atoms with van der Waals surface area (Å²) in [5, 5.41) is 8.55. The van der Waals surface area contributed by atoms with E-state index in [2.05, 4.69) is 30.4 Å². The van der Waals surface area contributed by atoms with Gasteiger partial charge in [-0.05, 0) is 26.8 Å². The average molecular weight is 518 g/mol. The van der Waals surface area contributed by atoms with Gasteiger partial charge in [0.15, 0.2) is 17.4 Å². The fourth-order valence-corrected chi connectivity index (χ4v) is 4.17. The standard InChI is InChI=1S/C27H25F2N7O2/c1-5-38-17-11-20(28)19(21(29)12-17)14-36-22-9-7-6-8-18(22)25(35-36)27-30-13-23(37-4)26(34-27)33-24-10-15(2)31-16(3)32-24/h6-13H,5,14H2,1-4H3,(H,30,31,32,33,34). The lowest BCUT2D eigenvalue weighted by Gasteiger charge is -2.11. The molecule has 1 N–H and O–H groups in total. The molecule has 5 rings (SSSR count). The molecule has 0 unspecified atom stereocenters.